The summed E-state index contributed by atoms with van der Waals surface area (Å²) >= 11 is 0. The Morgan fingerprint density at radius 3 is 2.56 bits per heavy atom. The van der Waals surface area contributed by atoms with E-state index in [1.807, 2.05) is 4.90 Å². The molecule has 2 amide bonds. The third-order valence-electron chi connectivity index (χ3n) is 7.83. The molecule has 45 heavy (non-hydrogen) atoms. The number of hydrogen-bond acceptors (Lipinski definition) is 8. The zero-order chi connectivity index (χ0) is 32.7. The molecule has 11 nitrogen and oxygen atoms in total. The molecule has 2 aromatic heterocycles. The first kappa shape index (κ1) is 32.3. The zero-order valence-corrected chi connectivity index (χ0v) is 25.6. The second-order valence-electron chi connectivity index (χ2n) is 12.3. The Morgan fingerprint density at radius 2 is 1.89 bits per heavy atom. The van der Waals surface area contributed by atoms with Gasteiger partial charge in [-0.1, -0.05) is 12.1 Å². The van der Waals surface area contributed by atoms with Gasteiger partial charge >= 0.3 is 12.3 Å². The number of nitrogens with two attached hydrogens (primary N) is 1. The summed E-state index contributed by atoms with van der Waals surface area (Å²) in [6, 6.07) is 4.53. The number of nitrogens with zero attached hydrogens (tertiary/aromatic N) is 5. The van der Waals surface area contributed by atoms with Gasteiger partial charge in [0.2, 0.25) is 5.91 Å². The van der Waals surface area contributed by atoms with Crippen molar-refractivity contribution in [3.63, 3.8) is 0 Å². The highest BCUT2D eigenvalue weighted by Crippen LogP contribution is 2.34. The zero-order valence-electron chi connectivity index (χ0n) is 25.6. The van der Waals surface area contributed by atoms with Crippen LogP contribution in [0.1, 0.15) is 55.3 Å². The van der Waals surface area contributed by atoms with Gasteiger partial charge < -0.3 is 25.4 Å². The van der Waals surface area contributed by atoms with Crippen molar-refractivity contribution in [2.24, 2.45) is 0 Å². The van der Waals surface area contributed by atoms with Crippen LogP contribution in [0.4, 0.5) is 33.9 Å². The molecule has 2 atom stereocenters. The molecule has 0 bridgehead atoms. The first-order chi connectivity index (χ1) is 21.1. The van der Waals surface area contributed by atoms with E-state index in [-0.39, 0.29) is 37.1 Å². The quantitative estimate of drug-likeness (QED) is 0.389. The Labute approximate surface area is 257 Å². The van der Waals surface area contributed by atoms with Crippen LogP contribution < -0.4 is 16.0 Å². The second kappa shape index (κ2) is 12.3. The second-order valence-corrected chi connectivity index (χ2v) is 12.3. The lowest BCUT2D eigenvalue weighted by Crippen LogP contribution is -2.47. The summed E-state index contributed by atoms with van der Waals surface area (Å²) in [5.41, 5.74) is 6.56. The van der Waals surface area contributed by atoms with Crippen molar-refractivity contribution in [2.45, 2.75) is 71.1 Å². The topological polar surface area (TPSA) is 127 Å². The van der Waals surface area contributed by atoms with Crippen molar-refractivity contribution in [3.05, 3.63) is 52.3 Å². The number of alkyl halides is 4. The van der Waals surface area contributed by atoms with E-state index >= 15 is 0 Å². The van der Waals surface area contributed by atoms with Gasteiger partial charge in [-0.2, -0.15) is 13.2 Å². The first-order valence-electron chi connectivity index (χ1n) is 14.7. The lowest BCUT2D eigenvalue weighted by molar-refractivity contribution is -0.138. The van der Waals surface area contributed by atoms with E-state index in [9.17, 15) is 27.2 Å². The summed E-state index contributed by atoms with van der Waals surface area (Å²) in [6.07, 6.45) is -6.96. The molecule has 2 saturated heterocycles. The minimum absolute atomic E-state index is 0.00114. The highest BCUT2D eigenvalue weighted by Gasteiger charge is 2.42. The molecular formula is C30H37F4N7O4. The molecule has 0 unspecified atom stereocenters. The average molecular weight is 636 g/mol. The molecule has 3 aromatic rings. The third kappa shape index (κ3) is 7.08. The van der Waals surface area contributed by atoms with E-state index in [1.54, 1.807) is 32.9 Å². The van der Waals surface area contributed by atoms with E-state index in [2.05, 4.69) is 10.3 Å². The largest absolute Gasteiger partial charge is 0.444 e. The molecule has 1 aromatic carbocycles. The number of nitrogen functional groups attached to an aromatic ring is 1. The van der Waals surface area contributed by atoms with E-state index in [0.29, 0.717) is 54.8 Å². The molecule has 2 aliphatic rings. The molecule has 15 heteroatoms. The number of carbonyl (C=O) groups is 2. The number of carbonyl (C=O) groups excluding carboxylic acids is 2. The van der Waals surface area contributed by atoms with Crippen LogP contribution in [0.2, 0.25) is 0 Å². The fraction of sp³-hybridized carbons (Fsp3) is 0.533. The Morgan fingerprint density at radius 1 is 1.18 bits per heavy atom. The van der Waals surface area contributed by atoms with E-state index < -0.39 is 41.6 Å². The highest BCUT2D eigenvalue weighted by atomic mass is 19.4. The van der Waals surface area contributed by atoms with Crippen LogP contribution in [0.25, 0.3) is 5.65 Å². The van der Waals surface area contributed by atoms with Crippen molar-refractivity contribution >= 4 is 29.2 Å². The van der Waals surface area contributed by atoms with Crippen molar-refractivity contribution in [1.29, 1.82) is 0 Å². The van der Waals surface area contributed by atoms with Crippen LogP contribution >= 0.6 is 0 Å². The molecule has 244 valence electrons. The SMILES string of the molecule is Cc1c(Cc2c(CNC(=O)[C@@H]3C[C@@H](F)CN3C(=O)OC(C)(C)C)nc3c(N)cc(N4CCOCC4)nn23)cccc1C(F)(F)F. The summed E-state index contributed by atoms with van der Waals surface area (Å²) < 4.78 is 68.0. The smallest absolute Gasteiger partial charge is 0.416 e. The van der Waals surface area contributed by atoms with Gasteiger partial charge in [0.15, 0.2) is 11.5 Å². The maximum atomic E-state index is 14.4. The predicted octanol–water partition coefficient (Wildman–Crippen LogP) is 4.03. The van der Waals surface area contributed by atoms with Gasteiger partial charge in [-0.15, -0.1) is 5.10 Å². The lowest BCUT2D eigenvalue weighted by Gasteiger charge is -2.28. The van der Waals surface area contributed by atoms with Gasteiger partial charge in [-0.3, -0.25) is 9.69 Å². The minimum Gasteiger partial charge on any atom is -0.444 e. The van der Waals surface area contributed by atoms with Crippen molar-refractivity contribution < 1.29 is 36.6 Å². The number of likely N-dealkylation sites (tertiary alicyclic amines) is 1. The fourth-order valence-corrected chi connectivity index (χ4v) is 5.59. The maximum Gasteiger partial charge on any atom is 0.416 e. The number of anilines is 2. The predicted molar refractivity (Wildman–Crippen MR) is 158 cm³/mol. The van der Waals surface area contributed by atoms with Crippen molar-refractivity contribution in [3.8, 4) is 0 Å². The summed E-state index contributed by atoms with van der Waals surface area (Å²) in [5, 5.41) is 7.49. The number of halogens is 4. The number of imidazole rings is 1. The van der Waals surface area contributed by atoms with Crippen LogP contribution in [-0.4, -0.2) is 82.2 Å². The Hall–Kier alpha value is -4.14. The molecule has 0 aliphatic carbocycles. The number of fused-ring (bicyclic) bond motifs is 1. The number of morpholine rings is 1. The van der Waals surface area contributed by atoms with Crippen LogP contribution in [0.15, 0.2) is 24.3 Å². The molecule has 0 spiro atoms. The Balaban J connectivity index is 1.49. The van der Waals surface area contributed by atoms with Crippen LogP contribution in [0.5, 0.6) is 0 Å². The van der Waals surface area contributed by atoms with Gasteiger partial charge in [0.05, 0.1) is 48.9 Å². The van der Waals surface area contributed by atoms with Gasteiger partial charge in [-0.05, 0) is 44.9 Å². The summed E-state index contributed by atoms with van der Waals surface area (Å²) in [6.45, 7) is 8.10. The number of rotatable bonds is 6. The molecule has 3 N–H and O–H groups in total. The molecule has 4 heterocycles. The van der Waals surface area contributed by atoms with Gasteiger partial charge in [0, 0.05) is 32.0 Å². The van der Waals surface area contributed by atoms with Crippen LogP contribution in [-0.2, 0) is 33.4 Å². The van der Waals surface area contributed by atoms with Crippen LogP contribution in [0.3, 0.4) is 0 Å². The molecule has 2 aliphatic heterocycles. The standard InChI is InChI=1S/C30H37F4N7O4/c1-17-18(6-5-7-20(17)30(32,33)34)12-23-22(37-26-21(35)14-25(38-41(23)26)39-8-10-44-11-9-39)15-36-27(42)24-13-19(31)16-40(24)28(43)45-29(2,3)4/h5-7,14,19,24H,8-13,15-16,35H2,1-4H3,(H,36,42)/t19-,24+/m1/s1. The highest BCUT2D eigenvalue weighted by molar-refractivity contribution is 5.86. The van der Waals surface area contributed by atoms with Gasteiger partial charge in [0.1, 0.15) is 17.8 Å². The number of aromatic nitrogens is 3. The van der Waals surface area contributed by atoms with Crippen molar-refractivity contribution in [1.82, 2.24) is 24.8 Å². The molecule has 5 rings (SSSR count). The molecular weight excluding hydrogens is 598 g/mol. The average Bonchev–Trinajstić information content (AvgIpc) is 3.52. The number of benzene rings is 1. The van der Waals surface area contributed by atoms with Crippen molar-refractivity contribution in [2.75, 3.05) is 43.5 Å². The van der Waals surface area contributed by atoms with E-state index in [0.717, 1.165) is 11.0 Å². The summed E-state index contributed by atoms with van der Waals surface area (Å²) in [4.78, 5) is 33.7. The number of nitrogens with one attached hydrogen (secondary N) is 1. The summed E-state index contributed by atoms with van der Waals surface area (Å²) in [7, 11) is 0. The monoisotopic (exact) mass is 635 g/mol. The summed E-state index contributed by atoms with van der Waals surface area (Å²) in [5.74, 6) is -0.0690. The maximum absolute atomic E-state index is 14.4. The van der Waals surface area contributed by atoms with Gasteiger partial charge in [-0.25, -0.2) is 18.7 Å². The first-order valence-corrected chi connectivity index (χ1v) is 14.7. The van der Waals surface area contributed by atoms with E-state index in [1.165, 1.54) is 17.5 Å². The molecule has 0 saturated carbocycles. The lowest BCUT2D eigenvalue weighted by atomic mass is 9.98. The number of amides is 2. The van der Waals surface area contributed by atoms with E-state index in [4.69, 9.17) is 20.3 Å². The minimum atomic E-state index is -4.54. The third-order valence-corrected chi connectivity index (χ3v) is 7.83. The number of hydrogen-bond donors (Lipinski definition) is 2. The fourth-order valence-electron chi connectivity index (χ4n) is 5.59. The Kier molecular flexibility index (Phi) is 8.84. The molecule has 0 radical (unpaired) electrons. The Bertz CT molecular complexity index is 1580. The molecule has 2 fully saturated rings. The van der Waals surface area contributed by atoms with Gasteiger partial charge in [0.25, 0.3) is 0 Å². The van der Waals surface area contributed by atoms with Crippen LogP contribution in [0, 0.1) is 6.92 Å². The number of ether oxygens (including phenoxy) is 2. The normalized spacial score (nSPS) is 19.3.